The highest BCUT2D eigenvalue weighted by Crippen LogP contribution is 2.31. The topological polar surface area (TPSA) is 44.0 Å². The minimum Gasteiger partial charge on any atom is -0.296 e. The van der Waals surface area contributed by atoms with Crippen LogP contribution in [0.1, 0.15) is 25.0 Å². The van der Waals surface area contributed by atoms with Gasteiger partial charge in [-0.25, -0.2) is 4.79 Å². The number of aromatic nitrogens is 2. The highest BCUT2D eigenvalue weighted by Gasteiger charge is 2.31. The lowest BCUT2D eigenvalue weighted by molar-refractivity contribution is -0.137. The molecule has 0 saturated heterocycles. The van der Waals surface area contributed by atoms with Crippen LogP contribution in [0.25, 0.3) is 11.3 Å². The number of benzene rings is 2. The molecule has 8 heteroatoms. The maximum absolute atomic E-state index is 13.0. The molecule has 29 heavy (non-hydrogen) atoms. The molecular formula is C21H18ClF3N2O2. The van der Waals surface area contributed by atoms with Crippen LogP contribution < -0.4 is 11.2 Å². The van der Waals surface area contributed by atoms with Crippen LogP contribution in [-0.4, -0.2) is 9.13 Å². The summed E-state index contributed by atoms with van der Waals surface area (Å²) in [5, 5.41) is 0.530. The van der Waals surface area contributed by atoms with Crippen LogP contribution in [0.15, 0.2) is 64.2 Å². The van der Waals surface area contributed by atoms with Crippen molar-refractivity contribution < 1.29 is 13.2 Å². The van der Waals surface area contributed by atoms with E-state index >= 15 is 0 Å². The van der Waals surface area contributed by atoms with Gasteiger partial charge in [-0.15, -0.1) is 0 Å². The molecule has 0 saturated carbocycles. The fourth-order valence-electron chi connectivity index (χ4n) is 3.23. The van der Waals surface area contributed by atoms with E-state index in [4.69, 9.17) is 11.6 Å². The maximum atomic E-state index is 13.0. The van der Waals surface area contributed by atoms with Crippen LogP contribution in [0.3, 0.4) is 0 Å². The summed E-state index contributed by atoms with van der Waals surface area (Å²) in [5.74, 6) is 0. The first-order valence-electron chi connectivity index (χ1n) is 8.70. The lowest BCUT2D eigenvalue weighted by atomic mass is 9.94. The van der Waals surface area contributed by atoms with Gasteiger partial charge in [-0.05, 0) is 49.2 Å². The van der Waals surface area contributed by atoms with Gasteiger partial charge in [-0.3, -0.25) is 13.9 Å². The summed E-state index contributed by atoms with van der Waals surface area (Å²) in [6.45, 7) is 3.47. The standard InChI is InChI=1S/C21H18ClF3N2O2/c1-20(2,14-8-10-16(22)11-9-14)27-18(28)12-17(26(3)19(27)29)13-4-6-15(7-5-13)21(23,24)25/h4-12H,1-3H3. The molecule has 0 atom stereocenters. The van der Waals surface area contributed by atoms with Crippen molar-refractivity contribution in [2.45, 2.75) is 25.6 Å². The zero-order valence-electron chi connectivity index (χ0n) is 15.9. The molecule has 4 nitrogen and oxygen atoms in total. The van der Waals surface area contributed by atoms with Gasteiger partial charge in [-0.2, -0.15) is 13.2 Å². The smallest absolute Gasteiger partial charge is 0.296 e. The van der Waals surface area contributed by atoms with Crippen molar-refractivity contribution in [2.24, 2.45) is 7.05 Å². The van der Waals surface area contributed by atoms with Gasteiger partial charge in [0.15, 0.2) is 0 Å². The van der Waals surface area contributed by atoms with E-state index in [2.05, 4.69) is 0 Å². The summed E-state index contributed by atoms with van der Waals surface area (Å²) < 4.78 is 40.7. The number of alkyl halides is 3. The molecule has 0 spiro atoms. The van der Waals surface area contributed by atoms with Gasteiger partial charge in [-0.1, -0.05) is 35.9 Å². The first kappa shape index (κ1) is 20.9. The molecule has 0 aliphatic heterocycles. The average molecular weight is 423 g/mol. The third-order valence-corrected chi connectivity index (χ3v) is 5.19. The predicted molar refractivity (Wildman–Crippen MR) is 106 cm³/mol. The monoisotopic (exact) mass is 422 g/mol. The SMILES string of the molecule is Cn1c(-c2ccc(C(F)(F)F)cc2)cc(=O)n(C(C)(C)c2ccc(Cl)cc2)c1=O. The Morgan fingerprint density at radius 2 is 1.38 bits per heavy atom. The Hall–Kier alpha value is -2.80. The Labute approximate surface area is 169 Å². The first-order chi connectivity index (χ1) is 13.4. The summed E-state index contributed by atoms with van der Waals surface area (Å²) in [4.78, 5) is 25.9. The fourth-order valence-corrected chi connectivity index (χ4v) is 3.36. The van der Waals surface area contributed by atoms with Crippen molar-refractivity contribution in [3.05, 3.63) is 91.6 Å². The minimum atomic E-state index is -4.46. The normalized spacial score (nSPS) is 12.2. The van der Waals surface area contributed by atoms with Crippen LogP contribution in [-0.2, 0) is 18.8 Å². The molecule has 0 radical (unpaired) electrons. The van der Waals surface area contributed by atoms with E-state index in [-0.39, 0.29) is 5.69 Å². The van der Waals surface area contributed by atoms with Crippen LogP contribution in [0.5, 0.6) is 0 Å². The third-order valence-electron chi connectivity index (χ3n) is 4.94. The summed E-state index contributed by atoms with van der Waals surface area (Å²) in [5.41, 5.74) is -1.61. The van der Waals surface area contributed by atoms with Crippen LogP contribution in [0.4, 0.5) is 13.2 Å². The molecule has 0 aliphatic carbocycles. The third kappa shape index (κ3) is 3.87. The van der Waals surface area contributed by atoms with Crippen molar-refractivity contribution in [3.63, 3.8) is 0 Å². The van der Waals surface area contributed by atoms with E-state index in [1.54, 1.807) is 38.1 Å². The second kappa shape index (κ2) is 7.22. The van der Waals surface area contributed by atoms with Crippen LogP contribution in [0.2, 0.25) is 5.02 Å². The predicted octanol–water partition coefficient (Wildman–Crippen LogP) is 4.67. The van der Waals surface area contributed by atoms with E-state index < -0.39 is 28.5 Å². The number of nitrogens with zero attached hydrogens (tertiary/aromatic N) is 2. The number of halogens is 4. The second-order valence-corrected chi connectivity index (χ2v) is 7.62. The maximum Gasteiger partial charge on any atom is 0.416 e. The van der Waals surface area contributed by atoms with Crippen molar-refractivity contribution in [1.29, 1.82) is 0 Å². The number of rotatable bonds is 3. The summed E-state index contributed by atoms with van der Waals surface area (Å²) >= 11 is 5.92. The zero-order valence-corrected chi connectivity index (χ0v) is 16.7. The van der Waals surface area contributed by atoms with Crippen molar-refractivity contribution in [3.8, 4) is 11.3 Å². The molecule has 0 fully saturated rings. The van der Waals surface area contributed by atoms with Crippen LogP contribution >= 0.6 is 11.6 Å². The lowest BCUT2D eigenvalue weighted by Gasteiger charge is -2.28. The molecular weight excluding hydrogens is 405 g/mol. The van der Waals surface area contributed by atoms with E-state index in [0.717, 1.165) is 16.7 Å². The molecule has 0 bridgehead atoms. The molecule has 1 aromatic heterocycles. The van der Waals surface area contributed by atoms with E-state index in [0.29, 0.717) is 16.1 Å². The first-order valence-corrected chi connectivity index (χ1v) is 9.08. The van der Waals surface area contributed by atoms with Gasteiger partial charge in [0.25, 0.3) is 5.56 Å². The second-order valence-electron chi connectivity index (χ2n) is 7.19. The molecule has 0 amide bonds. The molecule has 0 unspecified atom stereocenters. The molecule has 152 valence electrons. The van der Waals surface area contributed by atoms with Gasteiger partial charge >= 0.3 is 11.9 Å². The minimum absolute atomic E-state index is 0.233. The molecule has 0 aliphatic rings. The zero-order chi connectivity index (χ0) is 21.6. The summed E-state index contributed by atoms with van der Waals surface area (Å²) in [6.07, 6.45) is -4.46. The van der Waals surface area contributed by atoms with Gasteiger partial charge in [0.2, 0.25) is 0 Å². The Kier molecular flexibility index (Phi) is 5.21. The quantitative estimate of drug-likeness (QED) is 0.615. The molecule has 0 N–H and O–H groups in total. The highest BCUT2D eigenvalue weighted by molar-refractivity contribution is 6.30. The Morgan fingerprint density at radius 3 is 1.90 bits per heavy atom. The highest BCUT2D eigenvalue weighted by atomic mass is 35.5. The fraction of sp³-hybridized carbons (Fsp3) is 0.238. The van der Waals surface area contributed by atoms with E-state index in [1.807, 2.05) is 0 Å². The summed E-state index contributed by atoms with van der Waals surface area (Å²) in [6, 6.07) is 12.4. The van der Waals surface area contributed by atoms with E-state index in [9.17, 15) is 22.8 Å². The molecule has 1 heterocycles. The van der Waals surface area contributed by atoms with Crippen molar-refractivity contribution >= 4 is 11.6 Å². The summed E-state index contributed by atoms with van der Waals surface area (Å²) in [7, 11) is 1.48. The van der Waals surface area contributed by atoms with Crippen LogP contribution in [0, 0.1) is 0 Å². The van der Waals surface area contributed by atoms with Gasteiger partial charge in [0.1, 0.15) is 0 Å². The Bertz CT molecular complexity index is 1160. The number of hydrogen-bond acceptors (Lipinski definition) is 2. The molecule has 3 rings (SSSR count). The van der Waals surface area contributed by atoms with Gasteiger partial charge < -0.3 is 0 Å². The largest absolute Gasteiger partial charge is 0.416 e. The lowest BCUT2D eigenvalue weighted by Crippen LogP contribution is -2.49. The van der Waals surface area contributed by atoms with Gasteiger partial charge in [0, 0.05) is 18.1 Å². The van der Waals surface area contributed by atoms with Gasteiger partial charge in [0.05, 0.1) is 16.8 Å². The average Bonchev–Trinajstić information content (AvgIpc) is 2.64. The number of hydrogen-bond donors (Lipinski definition) is 0. The molecule has 3 aromatic rings. The molecule has 2 aromatic carbocycles. The van der Waals surface area contributed by atoms with Crippen molar-refractivity contribution in [2.75, 3.05) is 0 Å². The Balaban J connectivity index is 2.13. The van der Waals surface area contributed by atoms with E-state index in [1.165, 1.54) is 29.8 Å². The van der Waals surface area contributed by atoms with Crippen molar-refractivity contribution in [1.82, 2.24) is 9.13 Å². The Morgan fingerprint density at radius 1 is 0.862 bits per heavy atom.